The molecular weight excluding hydrogens is 480 g/mol. The van der Waals surface area contributed by atoms with Crippen LogP contribution in [0.3, 0.4) is 0 Å². The summed E-state index contributed by atoms with van der Waals surface area (Å²) in [5, 5.41) is 7.23. The second-order valence-electron chi connectivity index (χ2n) is 6.95. The predicted molar refractivity (Wildman–Crippen MR) is 112 cm³/mol. The van der Waals surface area contributed by atoms with E-state index in [2.05, 4.69) is 5.32 Å². The first-order chi connectivity index (χ1) is 15.9. The molecule has 0 aliphatic rings. The molecule has 7 nitrogen and oxygen atoms in total. The van der Waals surface area contributed by atoms with Gasteiger partial charge in [0.2, 0.25) is 16.1 Å². The molecule has 0 heterocycles. The smallest absolute Gasteiger partial charge is 0.416 e. The van der Waals surface area contributed by atoms with Gasteiger partial charge in [-0.05, 0) is 36.4 Å². The van der Waals surface area contributed by atoms with Crippen LogP contribution in [0.2, 0.25) is 0 Å². The normalized spacial score (nSPS) is 12.6. The molecule has 0 radical (unpaired) electrons. The molecule has 0 bridgehead atoms. The molecule has 0 fully saturated rings. The fourth-order valence-electron chi connectivity index (χ4n) is 2.89. The number of carbonyl (C=O) groups is 2. The summed E-state index contributed by atoms with van der Waals surface area (Å²) in [5.74, 6) is -3.56. The molecule has 34 heavy (non-hydrogen) atoms. The highest BCUT2D eigenvalue weighted by atomic mass is 32.2. The summed E-state index contributed by atoms with van der Waals surface area (Å²) >= 11 is 0. The van der Waals surface area contributed by atoms with E-state index in [9.17, 15) is 35.6 Å². The summed E-state index contributed by atoms with van der Waals surface area (Å²) < 4.78 is 81.4. The van der Waals surface area contributed by atoms with Gasteiger partial charge < -0.3 is 10.1 Å². The van der Waals surface area contributed by atoms with Crippen molar-refractivity contribution in [1.29, 1.82) is 0 Å². The van der Waals surface area contributed by atoms with Gasteiger partial charge in [0.25, 0.3) is 5.91 Å². The lowest BCUT2D eigenvalue weighted by Crippen LogP contribution is -2.26. The van der Waals surface area contributed by atoms with E-state index >= 15 is 0 Å². The van der Waals surface area contributed by atoms with Crippen LogP contribution in [-0.4, -0.2) is 20.3 Å². The molecule has 0 aliphatic carbocycles. The minimum atomic E-state index is -4.65. The molecule has 0 aromatic heterocycles. The quantitative estimate of drug-likeness (QED) is 0.395. The van der Waals surface area contributed by atoms with Crippen molar-refractivity contribution in [2.75, 3.05) is 5.32 Å². The number of carbonyl (C=O) groups excluding carboxylic acids is 2. The Kier molecular flexibility index (Phi) is 7.03. The number of nitrogens with one attached hydrogen (secondary N) is 1. The lowest BCUT2D eigenvalue weighted by Gasteiger charge is -2.19. The SMILES string of the molecule is NS(=O)(=O)c1ccc(F)c(C(=O)OC(C(=O)Nc2cccc(C(F)(F)F)c2)c2ccccc2)c1. The van der Waals surface area contributed by atoms with Crippen LogP contribution < -0.4 is 10.5 Å². The van der Waals surface area contributed by atoms with E-state index < -0.39 is 56.0 Å². The van der Waals surface area contributed by atoms with Crippen LogP contribution >= 0.6 is 0 Å². The Bertz CT molecular complexity index is 1330. The number of benzene rings is 3. The molecule has 178 valence electrons. The van der Waals surface area contributed by atoms with Gasteiger partial charge in [0.05, 0.1) is 16.0 Å². The van der Waals surface area contributed by atoms with Crippen LogP contribution in [0.5, 0.6) is 0 Å². The van der Waals surface area contributed by atoms with Gasteiger partial charge in [-0.15, -0.1) is 0 Å². The van der Waals surface area contributed by atoms with Gasteiger partial charge in [-0.2, -0.15) is 13.2 Å². The zero-order valence-corrected chi connectivity index (χ0v) is 17.9. The van der Waals surface area contributed by atoms with Crippen molar-refractivity contribution < 1.29 is 40.3 Å². The van der Waals surface area contributed by atoms with Crippen molar-refractivity contribution in [2.24, 2.45) is 5.14 Å². The maximum atomic E-state index is 14.2. The highest BCUT2D eigenvalue weighted by Crippen LogP contribution is 2.31. The minimum absolute atomic E-state index is 0.128. The summed E-state index contributed by atoms with van der Waals surface area (Å²) in [5.41, 5.74) is -1.91. The van der Waals surface area contributed by atoms with Gasteiger partial charge in [0.1, 0.15) is 5.82 Å². The molecule has 1 atom stereocenters. The first-order valence-electron chi connectivity index (χ1n) is 9.42. The zero-order chi connectivity index (χ0) is 25.1. The molecule has 0 aliphatic heterocycles. The van der Waals surface area contributed by atoms with Crippen LogP contribution in [0.4, 0.5) is 23.2 Å². The van der Waals surface area contributed by atoms with Crippen LogP contribution in [0, 0.1) is 5.82 Å². The van der Waals surface area contributed by atoms with Crippen molar-refractivity contribution in [3.63, 3.8) is 0 Å². The number of nitrogens with two attached hydrogens (primary N) is 1. The van der Waals surface area contributed by atoms with Crippen molar-refractivity contribution in [2.45, 2.75) is 17.2 Å². The average Bonchev–Trinajstić information content (AvgIpc) is 2.77. The number of primary sulfonamides is 1. The van der Waals surface area contributed by atoms with Gasteiger partial charge in [0, 0.05) is 11.3 Å². The van der Waals surface area contributed by atoms with Gasteiger partial charge >= 0.3 is 12.1 Å². The predicted octanol–water partition coefficient (Wildman–Crippen LogP) is 4.03. The van der Waals surface area contributed by atoms with Crippen LogP contribution in [0.1, 0.15) is 27.6 Å². The number of rotatable bonds is 6. The Morgan fingerprint density at radius 1 is 0.941 bits per heavy atom. The Morgan fingerprint density at radius 2 is 1.62 bits per heavy atom. The van der Waals surface area contributed by atoms with Crippen molar-refractivity contribution in [3.05, 3.63) is 95.3 Å². The number of esters is 1. The standard InChI is InChI=1S/C22H16F4N2O5S/c23-18-10-9-16(34(27,31)32)12-17(18)21(30)33-19(13-5-2-1-3-6-13)20(29)28-15-8-4-7-14(11-15)22(24,25)26/h1-12,19H,(H,28,29)(H2,27,31,32). The first kappa shape index (κ1) is 24.9. The Balaban J connectivity index is 1.93. The molecule has 0 spiro atoms. The van der Waals surface area contributed by atoms with Crippen molar-refractivity contribution >= 4 is 27.6 Å². The van der Waals surface area contributed by atoms with Crippen molar-refractivity contribution in [3.8, 4) is 0 Å². The van der Waals surface area contributed by atoms with Crippen LogP contribution in [0.25, 0.3) is 0 Å². The number of alkyl halides is 3. The number of hydrogen-bond acceptors (Lipinski definition) is 5. The topological polar surface area (TPSA) is 116 Å². The van der Waals surface area contributed by atoms with E-state index in [0.717, 1.165) is 18.2 Å². The zero-order valence-electron chi connectivity index (χ0n) is 17.0. The van der Waals surface area contributed by atoms with Gasteiger partial charge in [0.15, 0.2) is 0 Å². The summed E-state index contributed by atoms with van der Waals surface area (Å²) in [7, 11) is -4.28. The molecule has 0 saturated heterocycles. The molecular formula is C22H16F4N2O5S. The van der Waals surface area contributed by atoms with Gasteiger partial charge in [-0.3, -0.25) is 4.79 Å². The van der Waals surface area contributed by atoms with E-state index in [4.69, 9.17) is 9.88 Å². The molecule has 3 aromatic rings. The summed E-state index contributed by atoms with van der Waals surface area (Å²) in [4.78, 5) is 25.0. The van der Waals surface area contributed by atoms with Crippen molar-refractivity contribution in [1.82, 2.24) is 0 Å². The second kappa shape index (κ2) is 9.61. The van der Waals surface area contributed by atoms with Gasteiger partial charge in [-0.1, -0.05) is 36.4 Å². The first-order valence-corrected chi connectivity index (χ1v) is 11.0. The van der Waals surface area contributed by atoms with E-state index in [0.29, 0.717) is 18.2 Å². The number of hydrogen-bond donors (Lipinski definition) is 2. The Labute approximate surface area is 191 Å². The molecule has 0 saturated carbocycles. The number of anilines is 1. The second-order valence-corrected chi connectivity index (χ2v) is 8.51. The lowest BCUT2D eigenvalue weighted by molar-refractivity contribution is -0.137. The molecule has 1 amide bonds. The fraction of sp³-hybridized carbons (Fsp3) is 0.0909. The summed E-state index contributed by atoms with van der Waals surface area (Å²) in [6, 6.07) is 13.4. The lowest BCUT2D eigenvalue weighted by atomic mass is 10.1. The van der Waals surface area contributed by atoms with E-state index in [1.807, 2.05) is 0 Å². The molecule has 3 N–H and O–H groups in total. The Morgan fingerprint density at radius 3 is 2.24 bits per heavy atom. The third-order valence-electron chi connectivity index (χ3n) is 4.51. The largest absolute Gasteiger partial charge is 0.444 e. The minimum Gasteiger partial charge on any atom is -0.444 e. The van der Waals surface area contributed by atoms with Crippen LogP contribution in [0.15, 0.2) is 77.7 Å². The maximum Gasteiger partial charge on any atom is 0.416 e. The molecule has 12 heteroatoms. The summed E-state index contributed by atoms with van der Waals surface area (Å²) in [6.07, 6.45) is -6.36. The highest BCUT2D eigenvalue weighted by molar-refractivity contribution is 7.89. The average molecular weight is 496 g/mol. The summed E-state index contributed by atoms with van der Waals surface area (Å²) in [6.45, 7) is 0. The number of ether oxygens (including phenoxy) is 1. The monoisotopic (exact) mass is 496 g/mol. The van der Waals surface area contributed by atoms with E-state index in [1.165, 1.54) is 30.3 Å². The number of halogens is 4. The molecule has 3 aromatic carbocycles. The highest BCUT2D eigenvalue weighted by Gasteiger charge is 2.31. The number of amides is 1. The maximum absolute atomic E-state index is 14.2. The van der Waals surface area contributed by atoms with Crippen LogP contribution in [-0.2, 0) is 25.7 Å². The fourth-order valence-corrected chi connectivity index (χ4v) is 3.43. The van der Waals surface area contributed by atoms with E-state index in [1.54, 1.807) is 6.07 Å². The third kappa shape index (κ3) is 5.97. The molecule has 3 rings (SSSR count). The van der Waals surface area contributed by atoms with E-state index in [-0.39, 0.29) is 11.3 Å². The van der Waals surface area contributed by atoms with Gasteiger partial charge in [-0.25, -0.2) is 22.7 Å². The molecule has 1 unspecified atom stereocenters. The Hall–Kier alpha value is -3.77. The third-order valence-corrected chi connectivity index (χ3v) is 5.42. The number of sulfonamides is 1.